The van der Waals surface area contributed by atoms with Crippen molar-refractivity contribution in [3.63, 3.8) is 0 Å². The molecule has 0 amide bonds. The third kappa shape index (κ3) is 4.29. The van der Waals surface area contributed by atoms with Gasteiger partial charge in [-0.1, -0.05) is 32.6 Å². The lowest BCUT2D eigenvalue weighted by Crippen LogP contribution is -2.32. The van der Waals surface area contributed by atoms with Crippen molar-refractivity contribution in [1.82, 2.24) is 4.98 Å². The summed E-state index contributed by atoms with van der Waals surface area (Å²) in [6.07, 6.45) is 12.6. The number of rotatable bonds is 5. The summed E-state index contributed by atoms with van der Waals surface area (Å²) in [7, 11) is 0. The van der Waals surface area contributed by atoms with E-state index in [1.54, 1.807) is 0 Å². The van der Waals surface area contributed by atoms with E-state index in [0.717, 1.165) is 12.0 Å². The molecule has 106 valence electrons. The molecule has 1 aromatic heterocycles. The Morgan fingerprint density at radius 2 is 1.84 bits per heavy atom. The molecule has 2 atom stereocenters. The lowest BCUT2D eigenvalue weighted by molar-refractivity contribution is -0.0342. The van der Waals surface area contributed by atoms with E-state index in [1.165, 1.54) is 38.5 Å². The molecule has 3 heteroatoms. The molecule has 1 aromatic rings. The normalized spacial score (nSPS) is 20.7. The van der Waals surface area contributed by atoms with Gasteiger partial charge in [0.25, 0.3) is 0 Å². The second kappa shape index (κ2) is 7.61. The number of hydrogen-bond donors (Lipinski definition) is 1. The van der Waals surface area contributed by atoms with Crippen molar-refractivity contribution in [2.24, 2.45) is 5.73 Å². The van der Waals surface area contributed by atoms with Crippen molar-refractivity contribution in [2.45, 2.75) is 70.1 Å². The van der Waals surface area contributed by atoms with Gasteiger partial charge in [-0.3, -0.25) is 4.98 Å². The highest BCUT2D eigenvalue weighted by molar-refractivity contribution is 5.15. The van der Waals surface area contributed by atoms with Gasteiger partial charge < -0.3 is 10.5 Å². The Bertz CT molecular complexity index is 347. The van der Waals surface area contributed by atoms with Gasteiger partial charge in [0, 0.05) is 18.4 Å². The van der Waals surface area contributed by atoms with Crippen LogP contribution in [0.15, 0.2) is 24.5 Å². The Morgan fingerprint density at radius 1 is 1.21 bits per heavy atom. The maximum absolute atomic E-state index is 6.36. The number of nitrogens with zero attached hydrogens (tertiary/aromatic N) is 1. The Hall–Kier alpha value is -0.930. The lowest BCUT2D eigenvalue weighted by atomic mass is 10.0. The van der Waals surface area contributed by atoms with Gasteiger partial charge >= 0.3 is 0 Å². The summed E-state index contributed by atoms with van der Waals surface area (Å²) in [5, 5.41) is 0. The van der Waals surface area contributed by atoms with E-state index in [9.17, 15) is 0 Å². The number of aromatic nitrogens is 1. The van der Waals surface area contributed by atoms with Gasteiger partial charge in [0.05, 0.1) is 12.2 Å². The van der Waals surface area contributed by atoms with E-state index in [0.29, 0.717) is 6.10 Å². The van der Waals surface area contributed by atoms with Crippen LogP contribution in [-0.4, -0.2) is 17.1 Å². The molecule has 19 heavy (non-hydrogen) atoms. The van der Waals surface area contributed by atoms with Crippen molar-refractivity contribution in [3.8, 4) is 0 Å². The first-order valence-corrected chi connectivity index (χ1v) is 7.62. The zero-order chi connectivity index (χ0) is 13.5. The maximum Gasteiger partial charge on any atom is 0.0980 e. The molecule has 0 bridgehead atoms. The Morgan fingerprint density at radius 3 is 2.42 bits per heavy atom. The van der Waals surface area contributed by atoms with Crippen LogP contribution in [0.4, 0.5) is 0 Å². The van der Waals surface area contributed by atoms with E-state index in [4.69, 9.17) is 10.5 Å². The molecule has 1 fully saturated rings. The monoisotopic (exact) mass is 262 g/mol. The molecule has 0 saturated heterocycles. The van der Waals surface area contributed by atoms with E-state index in [2.05, 4.69) is 11.9 Å². The fraction of sp³-hybridized carbons (Fsp3) is 0.688. The minimum atomic E-state index is 0.0103. The number of nitrogens with two attached hydrogens (primary N) is 1. The molecule has 1 heterocycles. The molecule has 1 saturated carbocycles. The second-order valence-electron chi connectivity index (χ2n) is 5.52. The number of hydrogen-bond acceptors (Lipinski definition) is 3. The summed E-state index contributed by atoms with van der Waals surface area (Å²) < 4.78 is 6.36. The first-order valence-electron chi connectivity index (χ1n) is 7.62. The molecule has 3 nitrogen and oxygen atoms in total. The third-order valence-electron chi connectivity index (χ3n) is 4.04. The van der Waals surface area contributed by atoms with Crippen LogP contribution in [0.3, 0.4) is 0 Å². The number of pyridine rings is 1. The highest BCUT2D eigenvalue weighted by Crippen LogP contribution is 2.28. The fourth-order valence-electron chi connectivity index (χ4n) is 2.78. The minimum absolute atomic E-state index is 0.0103. The van der Waals surface area contributed by atoms with Crippen LogP contribution < -0.4 is 5.73 Å². The predicted molar refractivity (Wildman–Crippen MR) is 77.8 cm³/mol. The average molecular weight is 262 g/mol. The summed E-state index contributed by atoms with van der Waals surface area (Å²) in [5.74, 6) is 0. The molecule has 2 unspecified atom stereocenters. The summed E-state index contributed by atoms with van der Waals surface area (Å²) >= 11 is 0. The topological polar surface area (TPSA) is 48.1 Å². The molecule has 0 aromatic carbocycles. The van der Waals surface area contributed by atoms with Crippen molar-refractivity contribution in [1.29, 1.82) is 0 Å². The van der Waals surface area contributed by atoms with Crippen LogP contribution in [0.5, 0.6) is 0 Å². The van der Waals surface area contributed by atoms with Crippen LogP contribution >= 0.6 is 0 Å². The number of ether oxygens (including phenoxy) is 1. The van der Waals surface area contributed by atoms with E-state index < -0.39 is 0 Å². The van der Waals surface area contributed by atoms with Crippen LogP contribution in [0.25, 0.3) is 0 Å². The van der Waals surface area contributed by atoms with Crippen molar-refractivity contribution in [2.75, 3.05) is 0 Å². The van der Waals surface area contributed by atoms with Crippen molar-refractivity contribution < 1.29 is 4.74 Å². The van der Waals surface area contributed by atoms with E-state index in [-0.39, 0.29) is 12.1 Å². The van der Waals surface area contributed by atoms with Gasteiger partial charge in [0.2, 0.25) is 0 Å². The highest BCUT2D eigenvalue weighted by atomic mass is 16.5. The molecule has 0 aliphatic heterocycles. The standard InChI is InChI=1S/C16H26N2O/c1-2-15(17)16(13-9-11-18-12-10-13)19-14-7-5-3-4-6-8-14/h9-12,14-16H,2-8,17H2,1H3. The Labute approximate surface area is 116 Å². The summed E-state index contributed by atoms with van der Waals surface area (Å²) in [6.45, 7) is 2.12. The van der Waals surface area contributed by atoms with Crippen LogP contribution in [0.2, 0.25) is 0 Å². The van der Waals surface area contributed by atoms with Crippen LogP contribution in [-0.2, 0) is 4.74 Å². The second-order valence-corrected chi connectivity index (χ2v) is 5.52. The Kier molecular flexibility index (Phi) is 5.80. The highest BCUT2D eigenvalue weighted by Gasteiger charge is 2.24. The first kappa shape index (κ1) is 14.5. The van der Waals surface area contributed by atoms with E-state index >= 15 is 0 Å². The van der Waals surface area contributed by atoms with Gasteiger partial charge in [-0.05, 0) is 37.0 Å². The maximum atomic E-state index is 6.36. The summed E-state index contributed by atoms with van der Waals surface area (Å²) in [5.41, 5.74) is 7.42. The fourth-order valence-corrected chi connectivity index (χ4v) is 2.78. The average Bonchev–Trinajstić information content (AvgIpc) is 2.73. The predicted octanol–water partition coefficient (Wildman–Crippen LogP) is 3.60. The van der Waals surface area contributed by atoms with E-state index in [1.807, 2.05) is 24.5 Å². The SMILES string of the molecule is CCC(N)C(OC1CCCCCC1)c1ccncc1. The molecule has 0 spiro atoms. The van der Waals surface area contributed by atoms with Gasteiger partial charge in [-0.25, -0.2) is 0 Å². The van der Waals surface area contributed by atoms with Gasteiger partial charge in [-0.2, -0.15) is 0 Å². The third-order valence-corrected chi connectivity index (χ3v) is 4.04. The molecular weight excluding hydrogens is 236 g/mol. The van der Waals surface area contributed by atoms with Crippen LogP contribution in [0.1, 0.15) is 63.5 Å². The largest absolute Gasteiger partial charge is 0.369 e. The van der Waals surface area contributed by atoms with Gasteiger partial charge in [-0.15, -0.1) is 0 Å². The zero-order valence-corrected chi connectivity index (χ0v) is 11.9. The summed E-state index contributed by atoms with van der Waals surface area (Å²) in [6, 6.07) is 4.11. The summed E-state index contributed by atoms with van der Waals surface area (Å²) in [4.78, 5) is 4.08. The van der Waals surface area contributed by atoms with Crippen molar-refractivity contribution >= 4 is 0 Å². The lowest BCUT2D eigenvalue weighted by Gasteiger charge is -2.28. The molecule has 2 N–H and O–H groups in total. The Balaban J connectivity index is 2.05. The van der Waals surface area contributed by atoms with Gasteiger partial charge in [0.1, 0.15) is 0 Å². The molecule has 1 aliphatic carbocycles. The molecule has 1 aliphatic rings. The quantitative estimate of drug-likeness (QED) is 0.825. The minimum Gasteiger partial charge on any atom is -0.369 e. The molecular formula is C16H26N2O. The van der Waals surface area contributed by atoms with Crippen molar-refractivity contribution in [3.05, 3.63) is 30.1 Å². The smallest absolute Gasteiger partial charge is 0.0980 e. The molecule has 0 radical (unpaired) electrons. The molecule has 2 rings (SSSR count). The first-order chi connectivity index (χ1) is 9.31. The zero-order valence-electron chi connectivity index (χ0n) is 11.9. The van der Waals surface area contributed by atoms with Gasteiger partial charge in [0.15, 0.2) is 0 Å². The van der Waals surface area contributed by atoms with Crippen LogP contribution in [0, 0.1) is 0 Å².